The first-order valence-corrected chi connectivity index (χ1v) is 8.93. The van der Waals surface area contributed by atoms with Crippen molar-refractivity contribution < 1.29 is 14.6 Å². The summed E-state index contributed by atoms with van der Waals surface area (Å²) in [6, 6.07) is 2.25. The Balaban J connectivity index is 1.91. The van der Waals surface area contributed by atoms with Crippen LogP contribution in [0.3, 0.4) is 0 Å². The second-order valence-corrected chi connectivity index (χ2v) is 6.93. The number of nitrogens with two attached hydrogens (primary N) is 1. The van der Waals surface area contributed by atoms with Gasteiger partial charge in [-0.2, -0.15) is 0 Å². The van der Waals surface area contributed by atoms with Crippen molar-refractivity contribution in [2.75, 3.05) is 6.61 Å². The molecule has 7 nitrogen and oxygen atoms in total. The van der Waals surface area contributed by atoms with Gasteiger partial charge in [-0.25, -0.2) is 4.98 Å². The van der Waals surface area contributed by atoms with Gasteiger partial charge < -0.3 is 15.6 Å². The molecule has 0 aliphatic rings. The smallest absolute Gasteiger partial charge is 0.325 e. The van der Waals surface area contributed by atoms with Crippen LogP contribution in [0.25, 0.3) is 10.9 Å². The molecule has 3 N–H and O–H groups in total. The fourth-order valence-electron chi connectivity index (χ4n) is 2.16. The Kier molecular flexibility index (Phi) is 6.95. The lowest BCUT2D eigenvalue weighted by atomic mass is 10.2. The molecule has 0 amide bonds. The van der Waals surface area contributed by atoms with Gasteiger partial charge in [0.15, 0.2) is 0 Å². The Hall–Kier alpha value is -1.48. The molecule has 0 saturated carbocycles. The van der Waals surface area contributed by atoms with E-state index in [0.29, 0.717) is 39.8 Å². The van der Waals surface area contributed by atoms with E-state index in [2.05, 4.69) is 20.9 Å². The summed E-state index contributed by atoms with van der Waals surface area (Å²) >= 11 is 9.34. The van der Waals surface area contributed by atoms with Crippen molar-refractivity contribution in [1.29, 1.82) is 0 Å². The van der Waals surface area contributed by atoms with Crippen LogP contribution in [-0.2, 0) is 16.1 Å². The molecule has 2 rings (SSSR count). The SMILES string of the molecule is C[C@@H](O)[C@H](N)C(=O)OCCCCn1cnc2cc(Br)c(Cl)cc2c1=O. The molecule has 1 aromatic carbocycles. The van der Waals surface area contributed by atoms with E-state index in [4.69, 9.17) is 22.1 Å². The normalized spacial score (nSPS) is 13.6. The molecule has 2 atom stereocenters. The number of aromatic nitrogens is 2. The van der Waals surface area contributed by atoms with Crippen molar-refractivity contribution in [1.82, 2.24) is 9.55 Å². The maximum Gasteiger partial charge on any atom is 0.325 e. The van der Waals surface area contributed by atoms with E-state index in [9.17, 15) is 14.7 Å². The number of benzene rings is 1. The minimum absolute atomic E-state index is 0.174. The number of rotatable bonds is 7. The topological polar surface area (TPSA) is 107 Å². The van der Waals surface area contributed by atoms with E-state index >= 15 is 0 Å². The number of halogens is 2. The number of nitrogens with zero attached hydrogens (tertiary/aromatic N) is 2. The summed E-state index contributed by atoms with van der Waals surface area (Å²) in [7, 11) is 0. The first kappa shape index (κ1) is 19.8. The first-order valence-electron chi connectivity index (χ1n) is 7.75. The molecule has 136 valence electrons. The molecule has 0 saturated heterocycles. The highest BCUT2D eigenvalue weighted by Gasteiger charge is 2.19. The van der Waals surface area contributed by atoms with Gasteiger partial charge in [0.05, 0.1) is 35.0 Å². The first-order chi connectivity index (χ1) is 11.8. The van der Waals surface area contributed by atoms with Gasteiger partial charge in [0.25, 0.3) is 5.56 Å². The fourth-order valence-corrected chi connectivity index (χ4v) is 2.66. The van der Waals surface area contributed by atoms with Crippen LogP contribution >= 0.6 is 27.5 Å². The van der Waals surface area contributed by atoms with Gasteiger partial charge in [-0.15, -0.1) is 0 Å². The van der Waals surface area contributed by atoms with Gasteiger partial charge >= 0.3 is 5.97 Å². The van der Waals surface area contributed by atoms with E-state index in [1.165, 1.54) is 17.8 Å². The van der Waals surface area contributed by atoms with E-state index < -0.39 is 18.1 Å². The lowest BCUT2D eigenvalue weighted by Gasteiger charge is -2.13. The number of carbonyl (C=O) groups is 1. The number of hydrogen-bond acceptors (Lipinski definition) is 6. The molecule has 0 aliphatic carbocycles. The van der Waals surface area contributed by atoms with Crippen molar-refractivity contribution in [2.45, 2.75) is 38.5 Å². The standard InChI is InChI=1S/C16H19BrClN3O4/c1-9(22)14(19)16(24)25-5-3-2-4-21-8-20-13-7-11(17)12(18)6-10(13)15(21)23/h6-9,14,22H,2-5,19H2,1H3/t9-,14+/m1/s1. The summed E-state index contributed by atoms with van der Waals surface area (Å²) in [5.41, 5.74) is 5.86. The van der Waals surface area contributed by atoms with Crippen LogP contribution in [0, 0.1) is 0 Å². The van der Waals surface area contributed by atoms with Gasteiger partial charge in [-0.1, -0.05) is 11.6 Å². The van der Waals surface area contributed by atoms with Gasteiger partial charge in [0, 0.05) is 11.0 Å². The maximum absolute atomic E-state index is 12.4. The largest absolute Gasteiger partial charge is 0.464 e. The molecule has 2 aromatic rings. The molecule has 1 aromatic heterocycles. The van der Waals surface area contributed by atoms with Crippen molar-refractivity contribution in [3.63, 3.8) is 0 Å². The zero-order valence-corrected chi connectivity index (χ0v) is 16.0. The van der Waals surface area contributed by atoms with Crippen molar-refractivity contribution in [2.24, 2.45) is 5.73 Å². The van der Waals surface area contributed by atoms with Crippen LogP contribution in [0.15, 0.2) is 27.7 Å². The summed E-state index contributed by atoms with van der Waals surface area (Å²) in [6.45, 7) is 2.04. The zero-order chi connectivity index (χ0) is 18.6. The van der Waals surface area contributed by atoms with E-state index in [1.807, 2.05) is 0 Å². The average molecular weight is 433 g/mol. The predicted molar refractivity (Wildman–Crippen MR) is 98.6 cm³/mol. The van der Waals surface area contributed by atoms with E-state index in [1.54, 1.807) is 12.1 Å². The molecule has 9 heteroatoms. The highest BCUT2D eigenvalue weighted by Crippen LogP contribution is 2.25. The molecule has 0 fully saturated rings. The van der Waals surface area contributed by atoms with Crippen LogP contribution in [0.5, 0.6) is 0 Å². The maximum atomic E-state index is 12.4. The second kappa shape index (κ2) is 8.75. The third-order valence-electron chi connectivity index (χ3n) is 3.70. The zero-order valence-electron chi connectivity index (χ0n) is 13.6. The number of aliphatic hydroxyl groups excluding tert-OH is 1. The number of esters is 1. The third kappa shape index (κ3) is 5.01. The minimum atomic E-state index is -1.05. The second-order valence-electron chi connectivity index (χ2n) is 5.67. The molecule has 0 unspecified atom stereocenters. The van der Waals surface area contributed by atoms with Crippen molar-refractivity contribution >= 4 is 44.4 Å². The number of hydrogen-bond donors (Lipinski definition) is 2. The number of ether oxygens (including phenoxy) is 1. The summed E-state index contributed by atoms with van der Waals surface area (Å²) in [4.78, 5) is 28.2. The average Bonchev–Trinajstić information content (AvgIpc) is 2.57. The fraction of sp³-hybridized carbons (Fsp3) is 0.438. The van der Waals surface area contributed by atoms with Gasteiger partial charge in [-0.3, -0.25) is 14.2 Å². The molecule has 25 heavy (non-hydrogen) atoms. The van der Waals surface area contributed by atoms with Crippen LogP contribution in [0.4, 0.5) is 0 Å². The van der Waals surface area contributed by atoms with Gasteiger partial charge in [0.2, 0.25) is 0 Å². The number of aliphatic hydroxyl groups is 1. The van der Waals surface area contributed by atoms with Crippen LogP contribution < -0.4 is 11.3 Å². The lowest BCUT2D eigenvalue weighted by molar-refractivity contribution is -0.147. The van der Waals surface area contributed by atoms with Gasteiger partial charge in [0.1, 0.15) is 6.04 Å². The quantitative estimate of drug-likeness (QED) is 0.511. The van der Waals surface area contributed by atoms with Crippen LogP contribution in [0.1, 0.15) is 19.8 Å². The molecule has 0 bridgehead atoms. The monoisotopic (exact) mass is 431 g/mol. The Morgan fingerprint density at radius 2 is 2.20 bits per heavy atom. The molecular weight excluding hydrogens is 414 g/mol. The van der Waals surface area contributed by atoms with Crippen LogP contribution in [0.2, 0.25) is 5.02 Å². The third-order valence-corrected chi connectivity index (χ3v) is 4.89. The van der Waals surface area contributed by atoms with Crippen LogP contribution in [-0.4, -0.2) is 39.4 Å². The molecule has 0 aliphatic heterocycles. The number of aryl methyl sites for hydroxylation is 1. The predicted octanol–water partition coefficient (Wildman–Crippen LogP) is 1.84. The minimum Gasteiger partial charge on any atom is -0.464 e. The Labute approximate surface area is 157 Å². The molecule has 0 spiro atoms. The lowest BCUT2D eigenvalue weighted by Crippen LogP contribution is -2.41. The number of fused-ring (bicyclic) bond motifs is 1. The molecule has 0 radical (unpaired) electrons. The number of carbonyl (C=O) groups excluding carboxylic acids is 1. The van der Waals surface area contributed by atoms with Gasteiger partial charge in [-0.05, 0) is 47.8 Å². The summed E-state index contributed by atoms with van der Waals surface area (Å²) in [5.74, 6) is -0.639. The Morgan fingerprint density at radius 3 is 2.88 bits per heavy atom. The number of unbranched alkanes of at least 4 members (excludes halogenated alkanes) is 1. The molecule has 1 heterocycles. The summed E-state index contributed by atoms with van der Waals surface area (Å²) in [6.07, 6.45) is 1.71. The highest BCUT2D eigenvalue weighted by atomic mass is 79.9. The molecular formula is C16H19BrClN3O4. The summed E-state index contributed by atoms with van der Waals surface area (Å²) in [5, 5.41) is 10.1. The van der Waals surface area contributed by atoms with Crippen molar-refractivity contribution in [3.8, 4) is 0 Å². The summed E-state index contributed by atoms with van der Waals surface area (Å²) < 4.78 is 7.16. The van der Waals surface area contributed by atoms with E-state index in [-0.39, 0.29) is 12.2 Å². The Morgan fingerprint density at radius 1 is 1.48 bits per heavy atom. The Bertz CT molecular complexity index is 825. The van der Waals surface area contributed by atoms with E-state index in [0.717, 1.165) is 0 Å². The highest BCUT2D eigenvalue weighted by molar-refractivity contribution is 9.10. The van der Waals surface area contributed by atoms with Crippen molar-refractivity contribution in [3.05, 3.63) is 38.3 Å².